The van der Waals surface area contributed by atoms with Crippen LogP contribution in [0.25, 0.3) is 10.9 Å². The van der Waals surface area contributed by atoms with Crippen LogP contribution in [0.3, 0.4) is 0 Å². The van der Waals surface area contributed by atoms with Crippen molar-refractivity contribution in [1.29, 1.82) is 0 Å². The fraction of sp³-hybridized carbons (Fsp3) is 0.111. The highest BCUT2D eigenvalue weighted by atomic mass is 35.5. The first-order chi connectivity index (χ1) is 6.72. The molecule has 0 radical (unpaired) electrons. The van der Waals surface area contributed by atoms with Crippen molar-refractivity contribution in [2.75, 3.05) is 7.11 Å². The number of fused-ring (bicyclic) bond motifs is 1. The first-order valence-electron chi connectivity index (χ1n) is 3.89. The van der Waals surface area contributed by atoms with Crippen LogP contribution in [-0.2, 0) is 0 Å². The zero-order valence-corrected chi connectivity index (χ0v) is 8.12. The molecule has 5 heteroatoms. The molecule has 0 saturated heterocycles. The Morgan fingerprint density at radius 2 is 2.14 bits per heavy atom. The Hall–Kier alpha value is -1.55. The van der Waals surface area contributed by atoms with Gasteiger partial charge in [0.2, 0.25) is 5.88 Å². The van der Waals surface area contributed by atoms with Gasteiger partial charge in [-0.3, -0.25) is 4.98 Å². The molecule has 4 nitrogen and oxygen atoms in total. The number of hydrogen-bond donors (Lipinski definition) is 1. The fourth-order valence-electron chi connectivity index (χ4n) is 1.14. The number of hydrogen-bond acceptors (Lipinski definition) is 4. The summed E-state index contributed by atoms with van der Waals surface area (Å²) in [6.45, 7) is 0. The van der Waals surface area contributed by atoms with Gasteiger partial charge in [-0.25, -0.2) is 4.98 Å². The molecule has 0 aromatic carbocycles. The second-order valence-electron chi connectivity index (χ2n) is 2.70. The van der Waals surface area contributed by atoms with E-state index >= 15 is 0 Å². The lowest BCUT2D eigenvalue weighted by Crippen LogP contribution is -1.88. The zero-order chi connectivity index (χ0) is 10.1. The number of pyridine rings is 2. The number of halogens is 1. The summed E-state index contributed by atoms with van der Waals surface area (Å²) in [6, 6.07) is 1.63. The van der Waals surface area contributed by atoms with E-state index in [2.05, 4.69) is 9.97 Å². The lowest BCUT2D eigenvalue weighted by Gasteiger charge is -2.03. The van der Waals surface area contributed by atoms with Crippen molar-refractivity contribution in [3.63, 3.8) is 0 Å². The molecule has 2 rings (SSSR count). The maximum absolute atomic E-state index is 9.33. The predicted molar refractivity (Wildman–Crippen MR) is 52.8 cm³/mol. The second kappa shape index (κ2) is 3.31. The number of rotatable bonds is 1. The van der Waals surface area contributed by atoms with Gasteiger partial charge in [-0.05, 0) is 0 Å². The van der Waals surface area contributed by atoms with E-state index in [4.69, 9.17) is 16.3 Å². The van der Waals surface area contributed by atoms with Gasteiger partial charge in [-0.15, -0.1) is 0 Å². The van der Waals surface area contributed by atoms with Crippen LogP contribution < -0.4 is 4.74 Å². The van der Waals surface area contributed by atoms with Gasteiger partial charge < -0.3 is 9.84 Å². The highest BCUT2D eigenvalue weighted by Gasteiger charge is 2.07. The summed E-state index contributed by atoms with van der Waals surface area (Å²) in [5, 5.41) is 10.2. The monoisotopic (exact) mass is 210 g/mol. The van der Waals surface area contributed by atoms with E-state index < -0.39 is 0 Å². The SMILES string of the molecule is COc1cc2c(Cl)c(O)cnc2cn1. The lowest BCUT2D eigenvalue weighted by atomic mass is 10.2. The first-order valence-corrected chi connectivity index (χ1v) is 4.27. The van der Waals surface area contributed by atoms with Crippen LogP contribution in [0.5, 0.6) is 11.6 Å². The average molecular weight is 211 g/mol. The van der Waals surface area contributed by atoms with E-state index in [0.717, 1.165) is 0 Å². The quantitative estimate of drug-likeness (QED) is 0.782. The van der Waals surface area contributed by atoms with Crippen molar-refractivity contribution in [3.05, 3.63) is 23.5 Å². The van der Waals surface area contributed by atoms with Gasteiger partial charge in [0.05, 0.1) is 30.0 Å². The Labute approximate surface area is 85.1 Å². The third-order valence-electron chi connectivity index (χ3n) is 1.85. The van der Waals surface area contributed by atoms with Gasteiger partial charge >= 0.3 is 0 Å². The van der Waals surface area contributed by atoms with Gasteiger partial charge in [0.25, 0.3) is 0 Å². The zero-order valence-electron chi connectivity index (χ0n) is 7.36. The van der Waals surface area contributed by atoms with Gasteiger partial charge in [0.1, 0.15) is 0 Å². The highest BCUT2D eigenvalue weighted by molar-refractivity contribution is 6.36. The van der Waals surface area contributed by atoms with Crippen molar-refractivity contribution in [1.82, 2.24) is 9.97 Å². The van der Waals surface area contributed by atoms with E-state index in [-0.39, 0.29) is 10.8 Å². The smallest absolute Gasteiger partial charge is 0.213 e. The Kier molecular flexibility index (Phi) is 2.13. The summed E-state index contributed by atoms with van der Waals surface area (Å²) in [5.41, 5.74) is 0.619. The van der Waals surface area contributed by atoms with Crippen molar-refractivity contribution in [2.45, 2.75) is 0 Å². The van der Waals surface area contributed by atoms with Crippen LogP contribution >= 0.6 is 11.6 Å². The van der Waals surface area contributed by atoms with E-state index in [1.807, 2.05) is 0 Å². The van der Waals surface area contributed by atoms with Gasteiger partial charge in [0, 0.05) is 11.5 Å². The molecule has 0 amide bonds. The maximum Gasteiger partial charge on any atom is 0.213 e. The molecule has 0 atom stereocenters. The van der Waals surface area contributed by atoms with E-state index in [9.17, 15) is 5.11 Å². The van der Waals surface area contributed by atoms with Gasteiger partial charge in [-0.2, -0.15) is 0 Å². The molecule has 0 unspecified atom stereocenters. The minimum atomic E-state index is -0.0487. The lowest BCUT2D eigenvalue weighted by molar-refractivity contribution is 0.398. The molecule has 72 valence electrons. The third kappa shape index (κ3) is 1.33. The summed E-state index contributed by atoms with van der Waals surface area (Å²) in [5.74, 6) is 0.388. The summed E-state index contributed by atoms with van der Waals surface area (Å²) in [7, 11) is 1.51. The van der Waals surface area contributed by atoms with Crippen LogP contribution in [0.15, 0.2) is 18.5 Å². The largest absolute Gasteiger partial charge is 0.505 e. The first kappa shape index (κ1) is 9.02. The Balaban J connectivity index is 2.78. The molecule has 0 fully saturated rings. The van der Waals surface area contributed by atoms with Crippen LogP contribution in [0.4, 0.5) is 0 Å². The molecule has 0 spiro atoms. The maximum atomic E-state index is 9.33. The standard InChI is InChI=1S/C9H7ClN2O2/c1-14-8-2-5-6(3-12-8)11-4-7(13)9(5)10/h2-4,13H,1H3. The third-order valence-corrected chi connectivity index (χ3v) is 2.25. The normalized spacial score (nSPS) is 10.4. The molecule has 2 aromatic heterocycles. The average Bonchev–Trinajstić information content (AvgIpc) is 2.23. The van der Waals surface area contributed by atoms with Gasteiger partial charge in [0.15, 0.2) is 5.75 Å². The minimum absolute atomic E-state index is 0.0487. The van der Waals surface area contributed by atoms with Crippen LogP contribution in [0, 0.1) is 0 Å². The highest BCUT2D eigenvalue weighted by Crippen LogP contribution is 2.31. The van der Waals surface area contributed by atoms with Crippen LogP contribution in [0.2, 0.25) is 5.02 Å². The molecule has 0 aliphatic rings. The summed E-state index contributed by atoms with van der Waals surface area (Å²) in [6.07, 6.45) is 2.83. The minimum Gasteiger partial charge on any atom is -0.505 e. The van der Waals surface area contributed by atoms with Crippen molar-refractivity contribution < 1.29 is 9.84 Å². The second-order valence-corrected chi connectivity index (χ2v) is 3.08. The van der Waals surface area contributed by atoms with Crippen molar-refractivity contribution in [3.8, 4) is 11.6 Å². The molecule has 0 aliphatic carbocycles. The number of nitrogens with zero attached hydrogens (tertiary/aromatic N) is 2. The van der Waals surface area contributed by atoms with E-state index in [0.29, 0.717) is 16.8 Å². The molecule has 0 bridgehead atoms. The van der Waals surface area contributed by atoms with Crippen molar-refractivity contribution >= 4 is 22.5 Å². The molecule has 2 aromatic rings. The fourth-order valence-corrected chi connectivity index (χ4v) is 1.34. The molecule has 1 N–H and O–H groups in total. The molecule has 2 heterocycles. The molecular weight excluding hydrogens is 204 g/mol. The number of aromatic hydroxyl groups is 1. The topological polar surface area (TPSA) is 55.2 Å². The molecular formula is C9H7ClN2O2. The Morgan fingerprint density at radius 1 is 1.36 bits per heavy atom. The molecule has 14 heavy (non-hydrogen) atoms. The molecule has 0 aliphatic heterocycles. The van der Waals surface area contributed by atoms with Gasteiger partial charge in [-0.1, -0.05) is 11.6 Å². The summed E-state index contributed by atoms with van der Waals surface area (Å²) < 4.78 is 4.94. The molecule has 0 saturated carbocycles. The van der Waals surface area contributed by atoms with E-state index in [1.54, 1.807) is 12.3 Å². The predicted octanol–water partition coefficient (Wildman–Crippen LogP) is 2.00. The number of aromatic nitrogens is 2. The van der Waals surface area contributed by atoms with E-state index in [1.165, 1.54) is 13.3 Å². The number of ether oxygens (including phenoxy) is 1. The summed E-state index contributed by atoms with van der Waals surface area (Å²) in [4.78, 5) is 7.94. The number of methoxy groups -OCH3 is 1. The Morgan fingerprint density at radius 3 is 2.86 bits per heavy atom. The van der Waals surface area contributed by atoms with Crippen molar-refractivity contribution in [2.24, 2.45) is 0 Å². The Bertz CT molecular complexity index is 487. The van der Waals surface area contributed by atoms with Crippen LogP contribution in [0.1, 0.15) is 0 Å². The summed E-state index contributed by atoms with van der Waals surface area (Å²) >= 11 is 5.88. The van der Waals surface area contributed by atoms with Crippen LogP contribution in [-0.4, -0.2) is 22.2 Å².